The van der Waals surface area contributed by atoms with Gasteiger partial charge in [-0.15, -0.1) is 0 Å². The van der Waals surface area contributed by atoms with Crippen molar-refractivity contribution in [2.24, 2.45) is 0 Å². The van der Waals surface area contributed by atoms with Gasteiger partial charge in [-0.3, -0.25) is 0 Å². The molecule has 2 heteroatoms. The molecular weight excluding hydrogens is 564 g/mol. The van der Waals surface area contributed by atoms with Gasteiger partial charge in [-0.1, -0.05) is 0 Å². The third-order valence-corrected chi connectivity index (χ3v) is 28.6. The second-order valence-corrected chi connectivity index (χ2v) is 29.2. The van der Waals surface area contributed by atoms with Gasteiger partial charge in [0.05, 0.1) is 0 Å². The number of unbranched alkanes of at least 4 members (excludes halogenated alkanes) is 2. The molecule has 0 saturated carbocycles. The topological polar surface area (TPSA) is 0 Å². The molecule has 0 aromatic heterocycles. The Balaban J connectivity index is 1.65. The van der Waals surface area contributed by atoms with Crippen LogP contribution in [-0.4, -0.2) is 8.07 Å². The van der Waals surface area contributed by atoms with Gasteiger partial charge in [0.25, 0.3) is 0 Å². The monoisotopic (exact) mass is 604 g/mol. The Kier molecular flexibility index (Phi) is 6.52. The van der Waals surface area contributed by atoms with Crippen LogP contribution >= 0.6 is 0 Å². The summed E-state index contributed by atoms with van der Waals surface area (Å²) >= 11 is -3.16. The number of rotatable bonds is 6. The van der Waals surface area contributed by atoms with Crippen molar-refractivity contribution >= 4 is 13.3 Å². The zero-order valence-corrected chi connectivity index (χ0v) is 27.6. The number of hydrogen-bond acceptors (Lipinski definition) is 0. The fourth-order valence-corrected chi connectivity index (χ4v) is 30.3. The molecule has 4 aromatic rings. The summed E-state index contributed by atoms with van der Waals surface area (Å²) in [6.45, 7) is 10.2. The second kappa shape index (κ2) is 9.81. The Morgan fingerprint density at radius 1 is 0.615 bits per heavy atom. The minimum atomic E-state index is -3.16. The van der Waals surface area contributed by atoms with E-state index in [1.807, 2.05) is 0 Å². The van der Waals surface area contributed by atoms with Crippen LogP contribution in [0.4, 0.5) is 0 Å². The average molecular weight is 606 g/mol. The zero-order chi connectivity index (χ0) is 26.8. The van der Waals surface area contributed by atoms with Crippen LogP contribution in [0.25, 0.3) is 22.3 Å². The SMILES string of the molecule is CCC[CH2][Zr]1([CH2]CCC)[CH]2c3ccccc3-c3cccc(c32)C[Si](C)(C)c2cccc3c2[CH]1c1ccccc1-3. The molecule has 0 nitrogen and oxygen atoms in total. The van der Waals surface area contributed by atoms with Gasteiger partial charge in [-0.05, 0) is 0 Å². The van der Waals surface area contributed by atoms with Gasteiger partial charge in [-0.2, -0.15) is 0 Å². The van der Waals surface area contributed by atoms with E-state index < -0.39 is 28.3 Å². The van der Waals surface area contributed by atoms with E-state index >= 15 is 0 Å². The van der Waals surface area contributed by atoms with Gasteiger partial charge < -0.3 is 0 Å². The predicted molar refractivity (Wildman–Crippen MR) is 168 cm³/mol. The molecule has 0 N–H and O–H groups in total. The number of hydrogen-bond donors (Lipinski definition) is 0. The predicted octanol–water partition coefficient (Wildman–Crippen LogP) is 10.1. The number of fused-ring (bicyclic) bond motifs is 6. The molecule has 0 amide bonds. The van der Waals surface area contributed by atoms with Gasteiger partial charge in [-0.25, -0.2) is 0 Å². The van der Waals surface area contributed by atoms with Gasteiger partial charge in [0.2, 0.25) is 0 Å². The molecule has 198 valence electrons. The fourth-order valence-electron chi connectivity index (χ4n) is 8.99. The summed E-state index contributed by atoms with van der Waals surface area (Å²) in [6, 6.07) is 35.3. The first-order chi connectivity index (χ1) is 19.0. The van der Waals surface area contributed by atoms with Crippen molar-refractivity contribution < 1.29 is 20.3 Å². The Bertz CT molecular complexity index is 1560. The van der Waals surface area contributed by atoms with E-state index in [-0.39, 0.29) is 0 Å². The van der Waals surface area contributed by atoms with Crippen LogP contribution in [0.5, 0.6) is 0 Å². The van der Waals surface area contributed by atoms with Gasteiger partial charge in [0.15, 0.2) is 0 Å². The molecule has 7 rings (SSSR count). The third kappa shape index (κ3) is 3.77. The molecule has 0 bridgehead atoms. The van der Waals surface area contributed by atoms with E-state index in [9.17, 15) is 0 Å². The van der Waals surface area contributed by atoms with Crippen LogP contribution in [0.1, 0.15) is 74.6 Å². The first-order valence-corrected chi connectivity index (χ1v) is 25.0. The summed E-state index contributed by atoms with van der Waals surface area (Å²) < 4.78 is 4.29. The first kappa shape index (κ1) is 25.9. The molecule has 3 aliphatic rings. The standard InChI is InChI=1S/C29H24Si.2C4H9.Zr/c1-30(2,29-16-8-15-26-24-13-6-4-10-21(24)18-28(26)29)19-22-11-7-14-25-23-12-5-3-9-20(23)17-27(22)25;2*1-3-4-2;/h3-18H,19H2,1-2H3;2*1,3-4H2,2H3;. The summed E-state index contributed by atoms with van der Waals surface area (Å²) in [7, 11) is -1.77. The van der Waals surface area contributed by atoms with Crippen LogP contribution in [0.15, 0.2) is 84.9 Å². The maximum absolute atomic E-state index is 3.16. The normalized spacial score (nSPS) is 20.7. The minimum absolute atomic E-state index is 0.653. The van der Waals surface area contributed by atoms with Crippen molar-refractivity contribution in [1.82, 2.24) is 0 Å². The van der Waals surface area contributed by atoms with E-state index in [0.29, 0.717) is 7.25 Å². The van der Waals surface area contributed by atoms with E-state index in [4.69, 9.17) is 0 Å². The Hall–Kier alpha value is -2.02. The van der Waals surface area contributed by atoms with Gasteiger partial charge in [0.1, 0.15) is 0 Å². The van der Waals surface area contributed by atoms with Gasteiger partial charge in [0, 0.05) is 0 Å². The Labute approximate surface area is 241 Å². The molecule has 0 spiro atoms. The van der Waals surface area contributed by atoms with Crippen molar-refractivity contribution in [1.29, 1.82) is 0 Å². The van der Waals surface area contributed by atoms with Crippen molar-refractivity contribution in [3.63, 3.8) is 0 Å². The van der Waals surface area contributed by atoms with E-state index in [1.165, 1.54) is 40.0 Å². The summed E-state index contributed by atoms with van der Waals surface area (Å²) in [4.78, 5) is 0. The van der Waals surface area contributed by atoms with Crippen LogP contribution in [0.2, 0.25) is 21.4 Å². The first-order valence-electron chi connectivity index (χ1n) is 15.5. The molecule has 0 fully saturated rings. The van der Waals surface area contributed by atoms with Crippen LogP contribution < -0.4 is 5.19 Å². The Morgan fingerprint density at radius 2 is 1.13 bits per heavy atom. The molecule has 39 heavy (non-hydrogen) atoms. The van der Waals surface area contributed by atoms with Crippen molar-refractivity contribution in [2.45, 2.75) is 74.2 Å². The van der Waals surface area contributed by atoms with Crippen LogP contribution in [-0.2, 0) is 26.3 Å². The Morgan fingerprint density at radius 3 is 1.74 bits per heavy atom. The average Bonchev–Trinajstić information content (AvgIpc) is 3.48. The molecular formula is C37H42SiZr. The van der Waals surface area contributed by atoms with E-state index in [2.05, 4.69) is 112 Å². The molecule has 2 unspecified atom stereocenters. The molecule has 0 radical (unpaired) electrons. The molecule has 1 aliphatic heterocycles. The molecule has 0 saturated heterocycles. The molecule has 2 aliphatic carbocycles. The summed E-state index contributed by atoms with van der Waals surface area (Å²) in [5.74, 6) is 0. The summed E-state index contributed by atoms with van der Waals surface area (Å²) in [5, 5.41) is 1.76. The summed E-state index contributed by atoms with van der Waals surface area (Å²) in [6.07, 6.45) is 5.37. The van der Waals surface area contributed by atoms with Crippen molar-refractivity contribution in [3.05, 3.63) is 113 Å². The van der Waals surface area contributed by atoms with Crippen LogP contribution in [0, 0.1) is 0 Å². The van der Waals surface area contributed by atoms with E-state index in [1.54, 1.807) is 55.3 Å². The van der Waals surface area contributed by atoms with Crippen molar-refractivity contribution in [3.8, 4) is 22.3 Å². The quantitative estimate of drug-likeness (QED) is 0.192. The summed E-state index contributed by atoms with van der Waals surface area (Å²) in [5.41, 5.74) is 14.9. The fraction of sp³-hybridized carbons (Fsp3) is 0.351. The molecule has 4 aromatic carbocycles. The van der Waals surface area contributed by atoms with Crippen molar-refractivity contribution in [2.75, 3.05) is 0 Å². The maximum atomic E-state index is 2.67. The number of benzene rings is 4. The zero-order valence-electron chi connectivity index (χ0n) is 24.2. The molecule has 1 heterocycles. The van der Waals surface area contributed by atoms with Gasteiger partial charge >= 0.3 is 243 Å². The van der Waals surface area contributed by atoms with E-state index in [0.717, 1.165) is 0 Å². The van der Waals surface area contributed by atoms with Crippen LogP contribution in [0.3, 0.4) is 0 Å². The second-order valence-electron chi connectivity index (χ2n) is 13.2. The third-order valence-electron chi connectivity index (χ3n) is 10.5. The molecule has 2 atom stereocenters.